The first-order valence-electron chi connectivity index (χ1n) is 7.63. The average Bonchev–Trinajstić information content (AvgIpc) is 3.05. The quantitative estimate of drug-likeness (QED) is 0.515. The first-order chi connectivity index (χ1) is 11.8. The monoisotopic (exact) mass is 314 g/mol. The summed E-state index contributed by atoms with van der Waals surface area (Å²) in [5.74, 6) is 0.698. The second-order valence-electron chi connectivity index (χ2n) is 5.56. The van der Waals surface area contributed by atoms with Crippen molar-refractivity contribution in [2.75, 3.05) is 0 Å². The summed E-state index contributed by atoms with van der Waals surface area (Å²) < 4.78 is 5.84. The normalized spacial score (nSPS) is 10.9. The van der Waals surface area contributed by atoms with Crippen molar-refractivity contribution >= 4 is 17.5 Å². The average molecular weight is 314 g/mol. The Bertz CT molecular complexity index is 1040. The number of carbonyl (C=O) groups excluding carboxylic acids is 1. The summed E-state index contributed by atoms with van der Waals surface area (Å²) >= 11 is 0. The van der Waals surface area contributed by atoms with Gasteiger partial charge in [-0.05, 0) is 23.6 Å². The number of furan rings is 1. The Morgan fingerprint density at radius 2 is 1.79 bits per heavy atom. The summed E-state index contributed by atoms with van der Waals surface area (Å²) in [4.78, 5) is 19.2. The predicted octanol–water partition coefficient (Wildman–Crippen LogP) is 4.68. The molecule has 0 aliphatic rings. The molecule has 0 radical (unpaired) electrons. The Morgan fingerprint density at radius 3 is 2.58 bits per heavy atom. The fraction of sp³-hybridized carbons (Fsp3) is 0.0500. The number of aromatic nitrogens is 2. The van der Waals surface area contributed by atoms with E-state index in [-0.39, 0.29) is 0 Å². The lowest BCUT2D eigenvalue weighted by molar-refractivity contribution is 0.111. The van der Waals surface area contributed by atoms with Crippen LogP contribution in [0.15, 0.2) is 65.2 Å². The van der Waals surface area contributed by atoms with E-state index < -0.39 is 0 Å². The first-order valence-corrected chi connectivity index (χ1v) is 7.63. The molecule has 0 unspecified atom stereocenters. The molecule has 0 saturated heterocycles. The van der Waals surface area contributed by atoms with Crippen molar-refractivity contribution in [1.29, 1.82) is 0 Å². The maximum Gasteiger partial charge on any atom is 0.245 e. The van der Waals surface area contributed by atoms with Crippen molar-refractivity contribution in [3.8, 4) is 22.5 Å². The zero-order valence-electron chi connectivity index (χ0n) is 13.1. The van der Waals surface area contributed by atoms with Gasteiger partial charge in [-0.1, -0.05) is 48.5 Å². The van der Waals surface area contributed by atoms with Crippen LogP contribution < -0.4 is 0 Å². The van der Waals surface area contributed by atoms with Crippen LogP contribution >= 0.6 is 0 Å². The third-order valence-electron chi connectivity index (χ3n) is 4.06. The fourth-order valence-corrected chi connectivity index (χ4v) is 2.86. The number of rotatable bonds is 3. The highest BCUT2D eigenvalue weighted by atomic mass is 16.3. The van der Waals surface area contributed by atoms with Crippen LogP contribution in [0.1, 0.15) is 16.1 Å². The minimum atomic E-state index is 0.296. The smallest absolute Gasteiger partial charge is 0.245 e. The molecule has 0 amide bonds. The van der Waals surface area contributed by atoms with E-state index in [1.54, 1.807) is 0 Å². The molecule has 4 aromatic rings. The van der Waals surface area contributed by atoms with Crippen molar-refractivity contribution in [2.45, 2.75) is 6.92 Å². The van der Waals surface area contributed by atoms with Crippen molar-refractivity contribution < 1.29 is 9.21 Å². The molecular formula is C20H14N2O2. The molecule has 0 atom stereocenters. The van der Waals surface area contributed by atoms with Gasteiger partial charge in [0.15, 0.2) is 6.29 Å². The lowest BCUT2D eigenvalue weighted by atomic mass is 9.95. The van der Waals surface area contributed by atoms with Crippen LogP contribution in [-0.4, -0.2) is 16.3 Å². The molecule has 4 heteroatoms. The van der Waals surface area contributed by atoms with Crippen LogP contribution in [0.4, 0.5) is 0 Å². The van der Waals surface area contributed by atoms with E-state index in [1.807, 2.05) is 36.4 Å². The summed E-state index contributed by atoms with van der Waals surface area (Å²) in [5.41, 5.74) is 5.74. The standard InChI is InChI=1S/C20H14N2O2/c1-13-16(14-6-3-2-4-7-14)8-5-9-17(13)19-10-18-20(24-19)21-11-15(12-23)22-18/h2-12H,1H3. The minimum Gasteiger partial charge on any atom is -0.436 e. The van der Waals surface area contributed by atoms with Gasteiger partial charge >= 0.3 is 0 Å². The van der Waals surface area contributed by atoms with Gasteiger partial charge in [0, 0.05) is 11.6 Å². The molecular weight excluding hydrogens is 300 g/mol. The van der Waals surface area contributed by atoms with Crippen LogP contribution in [0, 0.1) is 6.92 Å². The van der Waals surface area contributed by atoms with Crippen molar-refractivity contribution in [1.82, 2.24) is 9.97 Å². The van der Waals surface area contributed by atoms with E-state index in [0.29, 0.717) is 29.0 Å². The molecule has 116 valence electrons. The van der Waals surface area contributed by atoms with Crippen LogP contribution in [-0.2, 0) is 0 Å². The molecule has 2 heterocycles. The van der Waals surface area contributed by atoms with Crippen LogP contribution in [0.2, 0.25) is 0 Å². The van der Waals surface area contributed by atoms with E-state index in [2.05, 4.69) is 35.1 Å². The van der Waals surface area contributed by atoms with Gasteiger partial charge in [0.2, 0.25) is 5.71 Å². The molecule has 4 rings (SSSR count). The number of benzene rings is 2. The van der Waals surface area contributed by atoms with Gasteiger partial charge < -0.3 is 4.42 Å². The highest BCUT2D eigenvalue weighted by Gasteiger charge is 2.13. The van der Waals surface area contributed by atoms with Crippen LogP contribution in [0.3, 0.4) is 0 Å². The minimum absolute atomic E-state index is 0.296. The van der Waals surface area contributed by atoms with Gasteiger partial charge in [-0.3, -0.25) is 4.79 Å². The number of hydrogen-bond acceptors (Lipinski definition) is 4. The summed E-state index contributed by atoms with van der Waals surface area (Å²) in [5, 5.41) is 0. The van der Waals surface area contributed by atoms with Gasteiger partial charge in [0.1, 0.15) is 17.0 Å². The number of fused-ring (bicyclic) bond motifs is 1. The van der Waals surface area contributed by atoms with E-state index in [4.69, 9.17) is 4.42 Å². The van der Waals surface area contributed by atoms with Gasteiger partial charge in [-0.15, -0.1) is 0 Å². The Hall–Kier alpha value is -3.27. The molecule has 0 aliphatic carbocycles. The zero-order chi connectivity index (χ0) is 16.5. The molecule has 0 saturated carbocycles. The number of carbonyl (C=O) groups is 1. The summed E-state index contributed by atoms with van der Waals surface area (Å²) in [6, 6.07) is 18.2. The highest BCUT2D eigenvalue weighted by Crippen LogP contribution is 2.33. The second kappa shape index (κ2) is 5.74. The fourth-order valence-electron chi connectivity index (χ4n) is 2.86. The molecule has 24 heavy (non-hydrogen) atoms. The lowest BCUT2D eigenvalue weighted by Gasteiger charge is -2.09. The van der Waals surface area contributed by atoms with Gasteiger partial charge in [-0.25, -0.2) is 9.97 Å². The highest BCUT2D eigenvalue weighted by molar-refractivity contribution is 5.83. The molecule has 0 fully saturated rings. The Kier molecular flexibility index (Phi) is 3.43. The van der Waals surface area contributed by atoms with Crippen molar-refractivity contribution in [2.24, 2.45) is 0 Å². The summed E-state index contributed by atoms with van der Waals surface area (Å²) in [6.07, 6.45) is 2.09. The Morgan fingerprint density at radius 1 is 1.00 bits per heavy atom. The number of hydrogen-bond donors (Lipinski definition) is 0. The van der Waals surface area contributed by atoms with Gasteiger partial charge in [0.05, 0.1) is 6.20 Å². The molecule has 0 aliphatic heterocycles. The molecule has 0 spiro atoms. The third kappa shape index (κ3) is 2.38. The van der Waals surface area contributed by atoms with E-state index >= 15 is 0 Å². The maximum absolute atomic E-state index is 10.8. The maximum atomic E-state index is 10.8. The number of aldehydes is 1. The lowest BCUT2D eigenvalue weighted by Crippen LogP contribution is -1.87. The Labute approximate surface area is 138 Å². The number of nitrogens with zero attached hydrogens (tertiary/aromatic N) is 2. The predicted molar refractivity (Wildman–Crippen MR) is 92.8 cm³/mol. The first kappa shape index (κ1) is 14.3. The molecule has 2 aromatic carbocycles. The topological polar surface area (TPSA) is 56.0 Å². The third-order valence-corrected chi connectivity index (χ3v) is 4.06. The van der Waals surface area contributed by atoms with E-state index in [9.17, 15) is 4.79 Å². The van der Waals surface area contributed by atoms with Crippen LogP contribution in [0.25, 0.3) is 33.7 Å². The Balaban J connectivity index is 1.86. The van der Waals surface area contributed by atoms with Crippen molar-refractivity contribution in [3.63, 3.8) is 0 Å². The molecule has 4 nitrogen and oxygen atoms in total. The van der Waals surface area contributed by atoms with E-state index in [0.717, 1.165) is 22.3 Å². The van der Waals surface area contributed by atoms with Gasteiger partial charge in [0.25, 0.3) is 0 Å². The molecule has 2 aromatic heterocycles. The zero-order valence-corrected chi connectivity index (χ0v) is 13.1. The molecule has 0 N–H and O–H groups in total. The van der Waals surface area contributed by atoms with Gasteiger partial charge in [-0.2, -0.15) is 0 Å². The molecule has 0 bridgehead atoms. The summed E-state index contributed by atoms with van der Waals surface area (Å²) in [6.45, 7) is 2.07. The second-order valence-corrected chi connectivity index (χ2v) is 5.56. The SMILES string of the molecule is Cc1c(-c2ccccc2)cccc1-c1cc2nc(C=O)cnc2o1. The van der Waals surface area contributed by atoms with Crippen LogP contribution in [0.5, 0.6) is 0 Å². The van der Waals surface area contributed by atoms with Crippen molar-refractivity contribution in [3.05, 3.63) is 72.1 Å². The van der Waals surface area contributed by atoms with E-state index in [1.165, 1.54) is 6.20 Å². The summed E-state index contributed by atoms with van der Waals surface area (Å²) in [7, 11) is 0. The largest absolute Gasteiger partial charge is 0.436 e.